The molecule has 0 amide bonds. The highest BCUT2D eigenvalue weighted by Crippen LogP contribution is 2.26. The van der Waals surface area contributed by atoms with Crippen LogP contribution in [-0.4, -0.2) is 9.55 Å². The Hall–Kier alpha value is -2.82. The van der Waals surface area contributed by atoms with Gasteiger partial charge in [0.2, 0.25) is 0 Å². The topological polar surface area (TPSA) is 72.9 Å². The third-order valence-electron chi connectivity index (χ3n) is 3.77. The van der Waals surface area contributed by atoms with Crippen LogP contribution in [0.3, 0.4) is 0 Å². The quantitative estimate of drug-likeness (QED) is 0.728. The van der Waals surface area contributed by atoms with Gasteiger partial charge in [0.1, 0.15) is 0 Å². The normalized spacial score (nSPS) is 12.3. The maximum Gasteiger partial charge on any atom is 0.252 e. The van der Waals surface area contributed by atoms with Crippen LogP contribution in [0.5, 0.6) is 0 Å². The predicted molar refractivity (Wildman–Crippen MR) is 89.9 cm³/mol. The number of nitrogens with zero attached hydrogens (tertiary/aromatic N) is 2. The van der Waals surface area contributed by atoms with Crippen LogP contribution in [-0.2, 0) is 7.05 Å². The largest absolute Gasteiger partial charge is 0.399 e. The number of anilines is 2. The van der Waals surface area contributed by atoms with Gasteiger partial charge in [0.15, 0.2) is 0 Å². The number of rotatable bonds is 3. The molecule has 1 atom stereocenters. The number of benzene rings is 1. The van der Waals surface area contributed by atoms with E-state index in [1.807, 2.05) is 37.3 Å². The molecule has 3 N–H and O–H groups in total. The zero-order chi connectivity index (χ0) is 15.7. The van der Waals surface area contributed by atoms with Gasteiger partial charge in [0.25, 0.3) is 5.56 Å². The molecule has 112 valence electrons. The Morgan fingerprint density at radius 2 is 2.05 bits per heavy atom. The molecule has 1 aromatic carbocycles. The lowest BCUT2D eigenvalue weighted by Crippen LogP contribution is -2.18. The first kappa shape index (κ1) is 14.1. The SMILES string of the molecule is CC(Nc1cc(=O)n(C)c2ccc(N)cc12)c1ccccn1. The molecule has 0 aliphatic rings. The van der Waals surface area contributed by atoms with Gasteiger partial charge in [-0.3, -0.25) is 9.78 Å². The van der Waals surface area contributed by atoms with Gasteiger partial charge < -0.3 is 15.6 Å². The fraction of sp³-hybridized carbons (Fsp3) is 0.176. The van der Waals surface area contributed by atoms with E-state index in [2.05, 4.69) is 10.3 Å². The van der Waals surface area contributed by atoms with Gasteiger partial charge in [-0.1, -0.05) is 6.07 Å². The van der Waals surface area contributed by atoms with Crippen LogP contribution >= 0.6 is 0 Å². The molecule has 0 spiro atoms. The summed E-state index contributed by atoms with van der Waals surface area (Å²) in [6.45, 7) is 2.01. The Morgan fingerprint density at radius 3 is 2.77 bits per heavy atom. The molecular weight excluding hydrogens is 276 g/mol. The zero-order valence-electron chi connectivity index (χ0n) is 12.6. The molecule has 3 aromatic rings. The fourth-order valence-corrected chi connectivity index (χ4v) is 2.54. The number of nitrogens with two attached hydrogens (primary N) is 1. The van der Waals surface area contributed by atoms with Gasteiger partial charge in [-0.25, -0.2) is 0 Å². The van der Waals surface area contributed by atoms with Crippen molar-refractivity contribution in [2.75, 3.05) is 11.1 Å². The standard InChI is InChI=1S/C17H18N4O/c1-11(14-5-3-4-8-19-14)20-15-10-17(22)21(2)16-7-6-12(18)9-13(15)16/h3-11,20H,18H2,1-2H3. The second-order valence-electron chi connectivity index (χ2n) is 5.35. The summed E-state index contributed by atoms with van der Waals surface area (Å²) in [7, 11) is 1.76. The lowest BCUT2D eigenvalue weighted by Gasteiger charge is -2.17. The molecule has 5 nitrogen and oxygen atoms in total. The van der Waals surface area contributed by atoms with Crippen molar-refractivity contribution in [3.8, 4) is 0 Å². The maximum absolute atomic E-state index is 12.1. The minimum atomic E-state index is -0.0620. The van der Waals surface area contributed by atoms with E-state index in [1.54, 1.807) is 29.9 Å². The van der Waals surface area contributed by atoms with E-state index in [1.165, 1.54) is 0 Å². The van der Waals surface area contributed by atoms with Gasteiger partial charge >= 0.3 is 0 Å². The van der Waals surface area contributed by atoms with Crippen molar-refractivity contribution < 1.29 is 0 Å². The van der Waals surface area contributed by atoms with Crippen LogP contribution in [0.4, 0.5) is 11.4 Å². The van der Waals surface area contributed by atoms with Crippen molar-refractivity contribution in [3.63, 3.8) is 0 Å². The van der Waals surface area contributed by atoms with Crippen LogP contribution < -0.4 is 16.6 Å². The third kappa shape index (κ3) is 2.53. The number of nitrogen functional groups attached to an aromatic ring is 1. The van der Waals surface area contributed by atoms with E-state index >= 15 is 0 Å². The first-order valence-electron chi connectivity index (χ1n) is 7.13. The minimum absolute atomic E-state index is 0.0158. The van der Waals surface area contributed by atoms with Crippen LogP contribution in [0.2, 0.25) is 0 Å². The summed E-state index contributed by atoms with van der Waals surface area (Å²) >= 11 is 0. The molecule has 0 fully saturated rings. The van der Waals surface area contributed by atoms with Crippen LogP contribution in [0.15, 0.2) is 53.5 Å². The Balaban J connectivity index is 2.09. The van der Waals surface area contributed by atoms with Crippen molar-refractivity contribution in [1.29, 1.82) is 0 Å². The highest BCUT2D eigenvalue weighted by atomic mass is 16.1. The van der Waals surface area contributed by atoms with Crippen molar-refractivity contribution in [3.05, 3.63) is 64.7 Å². The van der Waals surface area contributed by atoms with Gasteiger partial charge in [0.05, 0.1) is 17.3 Å². The lowest BCUT2D eigenvalue weighted by molar-refractivity contribution is 0.837. The highest BCUT2D eigenvalue weighted by Gasteiger charge is 2.11. The minimum Gasteiger partial charge on any atom is -0.399 e. The molecule has 0 saturated heterocycles. The fourth-order valence-electron chi connectivity index (χ4n) is 2.54. The van der Waals surface area contributed by atoms with Gasteiger partial charge in [-0.15, -0.1) is 0 Å². The van der Waals surface area contributed by atoms with Crippen LogP contribution in [0.25, 0.3) is 10.9 Å². The molecule has 5 heteroatoms. The average molecular weight is 294 g/mol. The van der Waals surface area contributed by atoms with E-state index in [0.29, 0.717) is 5.69 Å². The maximum atomic E-state index is 12.1. The molecule has 0 radical (unpaired) electrons. The van der Waals surface area contributed by atoms with E-state index < -0.39 is 0 Å². The molecule has 2 aromatic heterocycles. The molecule has 3 rings (SSSR count). The monoisotopic (exact) mass is 294 g/mol. The molecule has 2 heterocycles. The van der Waals surface area contributed by atoms with E-state index in [9.17, 15) is 4.79 Å². The molecule has 22 heavy (non-hydrogen) atoms. The summed E-state index contributed by atoms with van der Waals surface area (Å²) in [5.74, 6) is 0. The van der Waals surface area contributed by atoms with Crippen molar-refractivity contribution >= 4 is 22.3 Å². The van der Waals surface area contributed by atoms with Gasteiger partial charge in [-0.2, -0.15) is 0 Å². The number of fused-ring (bicyclic) bond motifs is 1. The van der Waals surface area contributed by atoms with Crippen molar-refractivity contribution in [2.45, 2.75) is 13.0 Å². The zero-order valence-corrected chi connectivity index (χ0v) is 12.6. The summed E-state index contributed by atoms with van der Waals surface area (Å²) in [4.78, 5) is 16.5. The van der Waals surface area contributed by atoms with Crippen molar-refractivity contribution in [1.82, 2.24) is 9.55 Å². The Labute approximate surface area is 128 Å². The summed E-state index contributed by atoms with van der Waals surface area (Å²) in [5.41, 5.74) is 9.03. The van der Waals surface area contributed by atoms with E-state index in [0.717, 1.165) is 22.3 Å². The molecule has 0 bridgehead atoms. The van der Waals surface area contributed by atoms with Gasteiger partial charge in [0, 0.05) is 36.1 Å². The van der Waals surface area contributed by atoms with E-state index in [-0.39, 0.29) is 11.6 Å². The highest BCUT2D eigenvalue weighted by molar-refractivity contribution is 5.93. The molecule has 0 aliphatic heterocycles. The Morgan fingerprint density at radius 1 is 1.23 bits per heavy atom. The second kappa shape index (κ2) is 5.52. The summed E-state index contributed by atoms with van der Waals surface area (Å²) in [5, 5.41) is 4.29. The summed E-state index contributed by atoms with van der Waals surface area (Å²) in [6.07, 6.45) is 1.76. The molecule has 0 aliphatic carbocycles. The molecule has 0 saturated carbocycles. The lowest BCUT2D eigenvalue weighted by atomic mass is 10.1. The third-order valence-corrected chi connectivity index (χ3v) is 3.77. The molecular formula is C17H18N4O. The first-order valence-corrected chi connectivity index (χ1v) is 7.13. The predicted octanol–water partition coefficient (Wildman–Crippen LogP) is 2.69. The number of hydrogen-bond acceptors (Lipinski definition) is 4. The van der Waals surface area contributed by atoms with Gasteiger partial charge in [-0.05, 0) is 37.3 Å². The second-order valence-corrected chi connectivity index (χ2v) is 5.35. The summed E-state index contributed by atoms with van der Waals surface area (Å²) < 4.78 is 1.62. The number of aromatic nitrogens is 2. The Bertz CT molecular complexity index is 871. The first-order chi connectivity index (χ1) is 10.6. The number of hydrogen-bond donors (Lipinski definition) is 2. The summed E-state index contributed by atoms with van der Waals surface area (Å²) in [6, 6.07) is 12.9. The van der Waals surface area contributed by atoms with Crippen molar-refractivity contribution in [2.24, 2.45) is 7.05 Å². The average Bonchev–Trinajstić information content (AvgIpc) is 2.53. The number of aryl methyl sites for hydroxylation is 1. The number of nitrogens with one attached hydrogen (secondary N) is 1. The Kier molecular flexibility index (Phi) is 3.55. The molecule has 1 unspecified atom stereocenters. The smallest absolute Gasteiger partial charge is 0.252 e. The van der Waals surface area contributed by atoms with E-state index in [4.69, 9.17) is 5.73 Å². The number of pyridine rings is 2. The van der Waals surface area contributed by atoms with Crippen LogP contribution in [0, 0.1) is 0 Å². The van der Waals surface area contributed by atoms with Crippen LogP contribution in [0.1, 0.15) is 18.7 Å².